The summed E-state index contributed by atoms with van der Waals surface area (Å²) < 4.78 is 39.0. The summed E-state index contributed by atoms with van der Waals surface area (Å²) in [5.41, 5.74) is 0. The van der Waals surface area contributed by atoms with Gasteiger partial charge in [0.1, 0.15) is 12.7 Å². The molecule has 1 aliphatic rings. The van der Waals surface area contributed by atoms with Gasteiger partial charge in [-0.15, -0.1) is 0 Å². The fourth-order valence-corrected chi connectivity index (χ4v) is 2.12. The van der Waals surface area contributed by atoms with Crippen molar-refractivity contribution in [2.75, 3.05) is 6.61 Å². The number of ether oxygens (including phenoxy) is 5. The third-order valence-electron chi connectivity index (χ3n) is 2.91. The minimum absolute atomic E-state index is 0.421. The molecular formula is C14H19FO9. The highest BCUT2D eigenvalue weighted by Gasteiger charge is 2.52. The standard InChI is InChI=1S/C14H19FO9/c1-6(16)20-5-10-12(21-7(2)17)13(22-8(3)18)11(15)14(24-10)23-9(4)19/h10-14H,5H2,1-4H3/t10-,11+,12-,13-,14-/m1/s1. The van der Waals surface area contributed by atoms with Crippen molar-refractivity contribution in [3.05, 3.63) is 0 Å². The highest BCUT2D eigenvalue weighted by molar-refractivity contribution is 5.68. The fraction of sp³-hybridized carbons (Fsp3) is 0.714. The molecule has 0 saturated carbocycles. The smallest absolute Gasteiger partial charge is 0.305 e. The van der Waals surface area contributed by atoms with E-state index in [1.54, 1.807) is 0 Å². The summed E-state index contributed by atoms with van der Waals surface area (Å²) in [6, 6.07) is 0. The number of esters is 4. The summed E-state index contributed by atoms with van der Waals surface area (Å²) in [6.07, 6.45) is -7.98. The third kappa shape index (κ3) is 5.76. The number of carbonyl (C=O) groups is 4. The molecular weight excluding hydrogens is 331 g/mol. The second-order valence-corrected chi connectivity index (χ2v) is 5.05. The molecule has 5 atom stereocenters. The minimum Gasteiger partial charge on any atom is -0.463 e. The Bertz CT molecular complexity index is 490. The molecule has 0 aliphatic carbocycles. The molecule has 1 saturated heterocycles. The van der Waals surface area contributed by atoms with Crippen molar-refractivity contribution in [1.82, 2.24) is 0 Å². The van der Waals surface area contributed by atoms with E-state index in [1.807, 2.05) is 0 Å². The van der Waals surface area contributed by atoms with Crippen LogP contribution in [0.3, 0.4) is 0 Å². The van der Waals surface area contributed by atoms with Crippen molar-refractivity contribution in [3.63, 3.8) is 0 Å². The van der Waals surface area contributed by atoms with E-state index in [9.17, 15) is 23.6 Å². The summed E-state index contributed by atoms with van der Waals surface area (Å²) in [5.74, 6) is -3.11. The second-order valence-electron chi connectivity index (χ2n) is 5.05. The van der Waals surface area contributed by atoms with Crippen LogP contribution in [-0.2, 0) is 42.9 Å². The SMILES string of the molecule is CC(=O)OC[C@H]1O[C@@H](OC(C)=O)[C@@H](F)[C@@H](OC(C)=O)[C@@H]1OC(C)=O. The molecule has 1 heterocycles. The van der Waals surface area contributed by atoms with Crippen molar-refractivity contribution in [2.45, 2.75) is 58.5 Å². The molecule has 9 nitrogen and oxygen atoms in total. The fourth-order valence-electron chi connectivity index (χ4n) is 2.12. The first kappa shape index (κ1) is 19.8. The van der Waals surface area contributed by atoms with Crippen molar-refractivity contribution in [1.29, 1.82) is 0 Å². The van der Waals surface area contributed by atoms with Gasteiger partial charge < -0.3 is 23.7 Å². The van der Waals surface area contributed by atoms with E-state index in [-0.39, 0.29) is 0 Å². The van der Waals surface area contributed by atoms with E-state index in [1.165, 1.54) is 0 Å². The van der Waals surface area contributed by atoms with Crippen LogP contribution in [0.25, 0.3) is 0 Å². The average molecular weight is 350 g/mol. The molecule has 0 aromatic rings. The molecule has 0 aromatic heterocycles. The van der Waals surface area contributed by atoms with Crippen molar-refractivity contribution < 1.29 is 47.3 Å². The zero-order valence-electron chi connectivity index (χ0n) is 13.6. The Kier molecular flexibility index (Phi) is 7.08. The lowest BCUT2D eigenvalue weighted by molar-refractivity contribution is -0.284. The number of rotatable bonds is 5. The highest BCUT2D eigenvalue weighted by atomic mass is 19.1. The molecule has 0 amide bonds. The van der Waals surface area contributed by atoms with Gasteiger partial charge in [0.15, 0.2) is 12.2 Å². The maximum atomic E-state index is 14.5. The van der Waals surface area contributed by atoms with E-state index in [4.69, 9.17) is 23.7 Å². The van der Waals surface area contributed by atoms with Crippen LogP contribution in [0.2, 0.25) is 0 Å². The average Bonchev–Trinajstić information content (AvgIpc) is 2.42. The molecule has 1 aliphatic heterocycles. The van der Waals surface area contributed by atoms with Gasteiger partial charge in [0.25, 0.3) is 0 Å². The van der Waals surface area contributed by atoms with Gasteiger partial charge in [0.05, 0.1) is 0 Å². The number of alkyl halides is 1. The van der Waals surface area contributed by atoms with Crippen LogP contribution in [0, 0.1) is 0 Å². The highest BCUT2D eigenvalue weighted by Crippen LogP contribution is 2.29. The molecule has 0 unspecified atom stereocenters. The Labute approximate surface area is 137 Å². The van der Waals surface area contributed by atoms with Crippen molar-refractivity contribution >= 4 is 23.9 Å². The predicted molar refractivity (Wildman–Crippen MR) is 73.1 cm³/mol. The van der Waals surface area contributed by atoms with E-state index in [0.717, 1.165) is 27.7 Å². The number of carbonyl (C=O) groups excluding carboxylic acids is 4. The number of hydrogen-bond acceptors (Lipinski definition) is 9. The van der Waals surface area contributed by atoms with E-state index in [0.29, 0.717) is 0 Å². The first-order valence-electron chi connectivity index (χ1n) is 7.06. The Morgan fingerprint density at radius 2 is 1.33 bits per heavy atom. The summed E-state index contributed by atoms with van der Waals surface area (Å²) in [4.78, 5) is 44.5. The molecule has 10 heteroatoms. The Hall–Kier alpha value is -2.23. The van der Waals surface area contributed by atoms with Crippen LogP contribution in [0.15, 0.2) is 0 Å². The monoisotopic (exact) mass is 350 g/mol. The van der Waals surface area contributed by atoms with Crippen molar-refractivity contribution in [3.8, 4) is 0 Å². The van der Waals surface area contributed by atoms with Gasteiger partial charge >= 0.3 is 23.9 Å². The first-order chi connectivity index (χ1) is 11.1. The topological polar surface area (TPSA) is 114 Å². The van der Waals surface area contributed by atoms with Crippen LogP contribution in [-0.4, -0.2) is 61.3 Å². The summed E-state index contributed by atoms with van der Waals surface area (Å²) >= 11 is 0. The molecule has 0 bridgehead atoms. The van der Waals surface area contributed by atoms with E-state index < -0.39 is 61.3 Å². The lowest BCUT2D eigenvalue weighted by atomic mass is 9.99. The van der Waals surface area contributed by atoms with Crippen molar-refractivity contribution in [2.24, 2.45) is 0 Å². The van der Waals surface area contributed by atoms with Gasteiger partial charge in [-0.3, -0.25) is 19.2 Å². The third-order valence-corrected chi connectivity index (χ3v) is 2.91. The van der Waals surface area contributed by atoms with Gasteiger partial charge in [-0.2, -0.15) is 0 Å². The van der Waals surface area contributed by atoms with Gasteiger partial charge in [-0.05, 0) is 0 Å². The molecule has 1 rings (SSSR count). The Morgan fingerprint density at radius 1 is 0.833 bits per heavy atom. The molecule has 1 fully saturated rings. The normalized spacial score (nSPS) is 29.3. The minimum atomic E-state index is -2.10. The number of hydrogen-bond donors (Lipinski definition) is 0. The van der Waals surface area contributed by atoms with Crippen LogP contribution >= 0.6 is 0 Å². The zero-order valence-corrected chi connectivity index (χ0v) is 13.6. The molecule has 136 valence electrons. The molecule has 24 heavy (non-hydrogen) atoms. The number of halogens is 1. The summed E-state index contributed by atoms with van der Waals surface area (Å²) in [7, 11) is 0. The molecule has 0 aromatic carbocycles. The first-order valence-corrected chi connectivity index (χ1v) is 7.06. The van der Waals surface area contributed by atoms with Gasteiger partial charge in [0, 0.05) is 27.7 Å². The maximum absolute atomic E-state index is 14.5. The van der Waals surface area contributed by atoms with E-state index in [2.05, 4.69) is 0 Å². The lowest BCUT2D eigenvalue weighted by Crippen LogP contribution is -2.60. The second kappa shape index (κ2) is 8.57. The van der Waals surface area contributed by atoms with Crippen LogP contribution < -0.4 is 0 Å². The predicted octanol–water partition coefficient (Wildman–Crippen LogP) is 0.0390. The zero-order chi connectivity index (χ0) is 18.4. The largest absolute Gasteiger partial charge is 0.463 e. The van der Waals surface area contributed by atoms with Gasteiger partial charge in [0.2, 0.25) is 12.5 Å². The quantitative estimate of drug-likeness (QED) is 0.500. The Morgan fingerprint density at radius 3 is 1.79 bits per heavy atom. The molecule has 0 spiro atoms. The maximum Gasteiger partial charge on any atom is 0.305 e. The van der Waals surface area contributed by atoms with Crippen LogP contribution in [0.1, 0.15) is 27.7 Å². The Balaban J connectivity index is 3.08. The summed E-state index contributed by atoms with van der Waals surface area (Å²) in [6.45, 7) is 3.86. The van der Waals surface area contributed by atoms with E-state index >= 15 is 0 Å². The lowest BCUT2D eigenvalue weighted by Gasteiger charge is -2.41. The molecule has 0 radical (unpaired) electrons. The summed E-state index contributed by atoms with van der Waals surface area (Å²) in [5, 5.41) is 0. The van der Waals surface area contributed by atoms with Gasteiger partial charge in [-0.1, -0.05) is 0 Å². The van der Waals surface area contributed by atoms with Crippen LogP contribution in [0.5, 0.6) is 0 Å². The van der Waals surface area contributed by atoms with Crippen LogP contribution in [0.4, 0.5) is 4.39 Å². The molecule has 0 N–H and O–H groups in total. The van der Waals surface area contributed by atoms with Gasteiger partial charge in [-0.25, -0.2) is 4.39 Å².